The Morgan fingerprint density at radius 1 is 0.524 bits per heavy atom. The molecule has 2 unspecified atom stereocenters. The van der Waals surface area contributed by atoms with Gasteiger partial charge < -0.3 is 4.90 Å². The minimum atomic E-state index is 0.888. The van der Waals surface area contributed by atoms with Gasteiger partial charge in [0.1, 0.15) is 0 Å². The van der Waals surface area contributed by atoms with Crippen LogP contribution in [0.5, 0.6) is 0 Å². The molecular weight excluding hydrogens is 506 g/mol. The van der Waals surface area contributed by atoms with Crippen LogP contribution in [0.25, 0.3) is 0 Å². The molecule has 0 aliphatic rings. The second-order valence-electron chi connectivity index (χ2n) is 14.2. The van der Waals surface area contributed by atoms with Gasteiger partial charge in [-0.15, -0.1) is 0 Å². The summed E-state index contributed by atoms with van der Waals surface area (Å²) in [6.45, 7) is 17.0. The number of rotatable bonds is 33. The van der Waals surface area contributed by atoms with Crippen molar-refractivity contribution in [2.75, 3.05) is 20.6 Å². The third kappa shape index (κ3) is 30.6. The molecule has 0 aromatic rings. The van der Waals surface area contributed by atoms with Crippen LogP contribution in [-0.2, 0) is 0 Å². The lowest BCUT2D eigenvalue weighted by Crippen LogP contribution is -2.21. The van der Waals surface area contributed by atoms with Gasteiger partial charge in [0, 0.05) is 6.54 Å². The molecule has 0 spiro atoms. The largest absolute Gasteiger partial charge is 0.309 e. The van der Waals surface area contributed by atoms with Crippen molar-refractivity contribution in [3.05, 3.63) is 36.5 Å². The maximum Gasteiger partial charge on any atom is 0.000356 e. The van der Waals surface area contributed by atoms with E-state index in [-0.39, 0.29) is 0 Å². The molecule has 0 saturated heterocycles. The van der Waals surface area contributed by atoms with Gasteiger partial charge >= 0.3 is 0 Å². The van der Waals surface area contributed by atoms with Crippen LogP contribution in [0.4, 0.5) is 0 Å². The van der Waals surface area contributed by atoms with Gasteiger partial charge in [-0.3, -0.25) is 0 Å². The van der Waals surface area contributed by atoms with E-state index in [1.54, 1.807) is 0 Å². The SMILES string of the molecule is C=C(CC/C=C/CCCCC)CCCCCCCC(CCCCCCCC(=C)CCCC(C)CCCCC)CN(C)C. The van der Waals surface area contributed by atoms with Crippen LogP contribution in [-0.4, -0.2) is 25.5 Å². The van der Waals surface area contributed by atoms with Gasteiger partial charge in [-0.2, -0.15) is 0 Å². The fraction of sp³-hybridized carbons (Fsp3) is 0.854. The van der Waals surface area contributed by atoms with Crippen molar-refractivity contribution < 1.29 is 0 Å². The van der Waals surface area contributed by atoms with Gasteiger partial charge in [-0.1, -0.05) is 154 Å². The third-order valence-corrected chi connectivity index (χ3v) is 9.24. The number of nitrogens with zero attached hydrogens (tertiary/aromatic N) is 1. The van der Waals surface area contributed by atoms with E-state index < -0.39 is 0 Å². The maximum atomic E-state index is 4.38. The van der Waals surface area contributed by atoms with Gasteiger partial charge in [-0.25, -0.2) is 0 Å². The van der Waals surface area contributed by atoms with Crippen molar-refractivity contribution in [3.63, 3.8) is 0 Å². The zero-order valence-electron chi connectivity index (χ0n) is 30.0. The van der Waals surface area contributed by atoms with Crippen molar-refractivity contribution in [3.8, 4) is 0 Å². The van der Waals surface area contributed by atoms with Crippen molar-refractivity contribution in [2.24, 2.45) is 11.8 Å². The number of hydrogen-bond donors (Lipinski definition) is 0. The Kier molecular flexibility index (Phi) is 31.0. The highest BCUT2D eigenvalue weighted by Crippen LogP contribution is 2.22. The summed E-state index contributed by atoms with van der Waals surface area (Å²) in [6, 6.07) is 0. The van der Waals surface area contributed by atoms with Crippen LogP contribution in [0.3, 0.4) is 0 Å². The van der Waals surface area contributed by atoms with E-state index in [1.807, 2.05) is 0 Å². The lowest BCUT2D eigenvalue weighted by atomic mass is 9.93. The minimum absolute atomic E-state index is 0.888. The first-order valence-corrected chi connectivity index (χ1v) is 19.0. The number of unbranched alkanes of at least 4 members (excludes halogenated alkanes) is 13. The standard InChI is InChI=1S/C41H79N/c1-8-10-12-13-14-17-23-30-38(3)31-24-18-15-20-26-35-41(37-42(6)7)36-27-21-16-19-25-32-40(5)34-28-33-39(4)29-22-11-9-2/h14,17,39,41H,3,5,8-13,15-16,18-37H2,1-2,4,6-7H3/b17-14+. The molecule has 0 amide bonds. The number of hydrogen-bond acceptors (Lipinski definition) is 1. The lowest BCUT2D eigenvalue weighted by molar-refractivity contribution is 0.286. The van der Waals surface area contributed by atoms with Crippen LogP contribution in [0, 0.1) is 11.8 Å². The Morgan fingerprint density at radius 3 is 1.57 bits per heavy atom. The molecule has 0 aromatic carbocycles. The zero-order valence-corrected chi connectivity index (χ0v) is 30.0. The maximum absolute atomic E-state index is 4.38. The highest BCUT2D eigenvalue weighted by molar-refractivity contribution is 4.97. The Hall–Kier alpha value is -0.820. The van der Waals surface area contributed by atoms with E-state index in [9.17, 15) is 0 Å². The molecule has 42 heavy (non-hydrogen) atoms. The molecule has 0 aliphatic carbocycles. The first-order chi connectivity index (χ1) is 20.4. The van der Waals surface area contributed by atoms with Gasteiger partial charge in [0.25, 0.3) is 0 Å². The Morgan fingerprint density at radius 2 is 0.976 bits per heavy atom. The first-order valence-electron chi connectivity index (χ1n) is 19.0. The Bertz CT molecular complexity index is 614. The summed E-state index contributed by atoms with van der Waals surface area (Å²) < 4.78 is 0. The van der Waals surface area contributed by atoms with Crippen LogP contribution in [0.2, 0.25) is 0 Å². The van der Waals surface area contributed by atoms with E-state index in [1.165, 1.54) is 191 Å². The minimum Gasteiger partial charge on any atom is -0.309 e. The van der Waals surface area contributed by atoms with Gasteiger partial charge in [0.15, 0.2) is 0 Å². The molecule has 0 heterocycles. The molecule has 0 bridgehead atoms. The zero-order chi connectivity index (χ0) is 31.1. The molecule has 1 heteroatoms. The normalized spacial score (nSPS) is 13.3. The highest BCUT2D eigenvalue weighted by atomic mass is 15.1. The summed E-state index contributed by atoms with van der Waals surface area (Å²) in [4.78, 5) is 2.41. The summed E-state index contributed by atoms with van der Waals surface area (Å²) in [6.07, 6.45) is 41.3. The van der Waals surface area contributed by atoms with Crippen molar-refractivity contribution >= 4 is 0 Å². The number of allylic oxidation sites excluding steroid dienone is 4. The average Bonchev–Trinajstić information content (AvgIpc) is 2.95. The average molecular weight is 586 g/mol. The summed E-state index contributed by atoms with van der Waals surface area (Å²) >= 11 is 0. The predicted octanol–water partition coefficient (Wildman–Crippen LogP) is 14.0. The molecular formula is C41H79N. The van der Waals surface area contributed by atoms with E-state index in [0.717, 1.165) is 11.8 Å². The van der Waals surface area contributed by atoms with E-state index in [0.29, 0.717) is 0 Å². The first kappa shape index (κ1) is 41.2. The molecule has 0 fully saturated rings. The predicted molar refractivity (Wildman–Crippen MR) is 195 cm³/mol. The van der Waals surface area contributed by atoms with Crippen molar-refractivity contribution in [2.45, 2.75) is 194 Å². The topological polar surface area (TPSA) is 3.24 Å². The Balaban J connectivity index is 3.75. The van der Waals surface area contributed by atoms with E-state index >= 15 is 0 Å². The fourth-order valence-electron chi connectivity index (χ4n) is 6.39. The lowest BCUT2D eigenvalue weighted by Gasteiger charge is -2.21. The van der Waals surface area contributed by atoms with Crippen LogP contribution < -0.4 is 0 Å². The van der Waals surface area contributed by atoms with Gasteiger partial charge in [0.2, 0.25) is 0 Å². The smallest absolute Gasteiger partial charge is 0.000356 e. The fourth-order valence-corrected chi connectivity index (χ4v) is 6.39. The summed E-state index contributed by atoms with van der Waals surface area (Å²) in [7, 11) is 4.50. The second-order valence-corrected chi connectivity index (χ2v) is 14.2. The molecule has 0 aliphatic heterocycles. The second kappa shape index (κ2) is 31.6. The molecule has 0 saturated carbocycles. The Labute approximate surface area is 267 Å². The quantitative estimate of drug-likeness (QED) is 0.0547. The van der Waals surface area contributed by atoms with Crippen LogP contribution in [0.1, 0.15) is 194 Å². The highest BCUT2D eigenvalue weighted by Gasteiger charge is 2.10. The van der Waals surface area contributed by atoms with Crippen LogP contribution in [0.15, 0.2) is 36.5 Å². The molecule has 248 valence electrons. The monoisotopic (exact) mass is 586 g/mol. The molecule has 0 rings (SSSR count). The summed E-state index contributed by atoms with van der Waals surface area (Å²) in [5, 5.41) is 0. The van der Waals surface area contributed by atoms with Gasteiger partial charge in [0.05, 0.1) is 0 Å². The summed E-state index contributed by atoms with van der Waals surface area (Å²) in [5.41, 5.74) is 2.97. The molecule has 0 N–H and O–H groups in total. The van der Waals surface area contributed by atoms with Crippen molar-refractivity contribution in [1.29, 1.82) is 0 Å². The molecule has 0 radical (unpaired) electrons. The summed E-state index contributed by atoms with van der Waals surface area (Å²) in [5.74, 6) is 1.79. The molecule has 1 nitrogen and oxygen atoms in total. The molecule has 0 aromatic heterocycles. The third-order valence-electron chi connectivity index (χ3n) is 9.24. The van der Waals surface area contributed by atoms with Gasteiger partial charge in [-0.05, 0) is 103 Å². The van der Waals surface area contributed by atoms with E-state index in [2.05, 4.69) is 65.1 Å². The van der Waals surface area contributed by atoms with Crippen molar-refractivity contribution in [1.82, 2.24) is 4.90 Å². The molecule has 2 atom stereocenters. The van der Waals surface area contributed by atoms with Crippen LogP contribution >= 0.6 is 0 Å². The van der Waals surface area contributed by atoms with E-state index in [4.69, 9.17) is 0 Å².